The monoisotopic (exact) mass is 504 g/mol. The minimum absolute atomic E-state index is 0. The number of carbonyl (C=O) groups excluding carboxylic acids is 1. The van der Waals surface area contributed by atoms with E-state index in [-0.39, 0.29) is 18.9 Å². The molecule has 0 bridgehead atoms. The van der Waals surface area contributed by atoms with Gasteiger partial charge in [0, 0.05) is 17.1 Å². The van der Waals surface area contributed by atoms with E-state index in [0.29, 0.717) is 17.7 Å². The van der Waals surface area contributed by atoms with Crippen LogP contribution in [0.3, 0.4) is 0 Å². The van der Waals surface area contributed by atoms with E-state index in [1.54, 1.807) is 17.8 Å². The van der Waals surface area contributed by atoms with Gasteiger partial charge in [0.1, 0.15) is 6.04 Å². The fourth-order valence-corrected chi connectivity index (χ4v) is 4.53. The first-order valence-electron chi connectivity index (χ1n) is 11.7. The molecule has 0 aliphatic carbocycles. The number of hydrogen-bond donors (Lipinski definition) is 2. The molecule has 0 aliphatic heterocycles. The number of rotatable bonds is 9. The number of hydrogen-bond acceptors (Lipinski definition) is 4. The second-order valence-corrected chi connectivity index (χ2v) is 9.55. The number of fused-ring (bicyclic) bond motifs is 1. The van der Waals surface area contributed by atoms with Crippen molar-refractivity contribution in [2.24, 2.45) is 0 Å². The Balaban J connectivity index is 0.00000380. The van der Waals surface area contributed by atoms with Gasteiger partial charge in [0.25, 0.3) is 5.91 Å². The molecule has 4 aromatic rings. The predicted molar refractivity (Wildman–Crippen MR) is 156 cm³/mol. The van der Waals surface area contributed by atoms with E-state index in [4.69, 9.17) is 0 Å². The topological polar surface area (TPSA) is 79.3 Å². The molecule has 7 heteroatoms. The molecule has 1 atom stereocenters. The SMILES string of the molecule is CSCCC(NC(=O)c1ccc(C=Cc2cnc3ccccc3c2)cc1-c1ccccc1C)C(=O)O.[LiH]. The van der Waals surface area contributed by atoms with Gasteiger partial charge in [-0.05, 0) is 77.4 Å². The maximum atomic E-state index is 13.2. The van der Waals surface area contributed by atoms with Crippen molar-refractivity contribution in [3.05, 3.63) is 101 Å². The molecule has 2 N–H and O–H groups in total. The molecule has 0 saturated carbocycles. The van der Waals surface area contributed by atoms with Crippen LogP contribution in [0, 0.1) is 6.92 Å². The van der Waals surface area contributed by atoms with Crippen molar-refractivity contribution in [3.63, 3.8) is 0 Å². The fourth-order valence-electron chi connectivity index (χ4n) is 4.06. The third kappa shape index (κ3) is 7.14. The van der Waals surface area contributed by atoms with E-state index in [2.05, 4.69) is 16.4 Å². The summed E-state index contributed by atoms with van der Waals surface area (Å²) in [4.78, 5) is 29.5. The molecule has 1 aromatic heterocycles. The average Bonchev–Trinajstić information content (AvgIpc) is 2.89. The Labute approximate surface area is 233 Å². The number of amides is 1. The molecular formula is C30H29LiN2O3S. The van der Waals surface area contributed by atoms with Crippen LogP contribution in [-0.2, 0) is 4.79 Å². The number of aromatic nitrogens is 1. The van der Waals surface area contributed by atoms with Crippen LogP contribution in [0.25, 0.3) is 34.2 Å². The van der Waals surface area contributed by atoms with Crippen molar-refractivity contribution < 1.29 is 14.7 Å². The van der Waals surface area contributed by atoms with Crippen molar-refractivity contribution in [2.45, 2.75) is 19.4 Å². The Morgan fingerprint density at radius 1 is 0.973 bits per heavy atom. The number of aliphatic carboxylic acids is 1. The molecule has 1 heterocycles. The Kier molecular flexibility index (Phi) is 10.2. The quantitative estimate of drug-likeness (QED) is 0.287. The van der Waals surface area contributed by atoms with Crippen LogP contribution in [0.5, 0.6) is 0 Å². The first-order chi connectivity index (χ1) is 17.5. The zero-order chi connectivity index (χ0) is 25.5. The number of carbonyl (C=O) groups is 2. The number of carboxylic acid groups (broad SMARTS) is 1. The first kappa shape index (κ1) is 28.3. The number of pyridine rings is 1. The summed E-state index contributed by atoms with van der Waals surface area (Å²) in [7, 11) is 0. The summed E-state index contributed by atoms with van der Waals surface area (Å²) in [5, 5.41) is 13.4. The van der Waals surface area contributed by atoms with Gasteiger partial charge in [0.2, 0.25) is 0 Å². The molecule has 1 unspecified atom stereocenters. The predicted octanol–water partition coefficient (Wildman–Crippen LogP) is 5.67. The van der Waals surface area contributed by atoms with Crippen molar-refractivity contribution in [1.82, 2.24) is 10.3 Å². The average molecular weight is 505 g/mol. The summed E-state index contributed by atoms with van der Waals surface area (Å²) in [5.41, 5.74) is 6.03. The summed E-state index contributed by atoms with van der Waals surface area (Å²) in [5.74, 6) is -0.774. The molecule has 0 saturated heterocycles. The third-order valence-electron chi connectivity index (χ3n) is 6.02. The summed E-state index contributed by atoms with van der Waals surface area (Å²) in [6, 6.07) is 22.6. The Hall–Kier alpha value is -3.30. The number of aryl methyl sites for hydroxylation is 1. The molecule has 5 nitrogen and oxygen atoms in total. The molecule has 4 rings (SSSR count). The van der Waals surface area contributed by atoms with Gasteiger partial charge in [-0.15, -0.1) is 0 Å². The molecule has 3 aromatic carbocycles. The third-order valence-corrected chi connectivity index (χ3v) is 6.66. The van der Waals surface area contributed by atoms with E-state index in [1.807, 2.05) is 92.2 Å². The van der Waals surface area contributed by atoms with Gasteiger partial charge < -0.3 is 10.4 Å². The van der Waals surface area contributed by atoms with E-state index in [1.165, 1.54) is 0 Å². The molecule has 184 valence electrons. The van der Waals surface area contributed by atoms with Crippen molar-refractivity contribution in [3.8, 4) is 11.1 Å². The van der Waals surface area contributed by atoms with Crippen molar-refractivity contribution >= 4 is 65.6 Å². The first-order valence-corrected chi connectivity index (χ1v) is 13.1. The number of nitrogens with zero attached hydrogens (tertiary/aromatic N) is 1. The van der Waals surface area contributed by atoms with Crippen LogP contribution < -0.4 is 5.32 Å². The van der Waals surface area contributed by atoms with Gasteiger partial charge in [0.15, 0.2) is 0 Å². The molecule has 0 aliphatic rings. The Morgan fingerprint density at radius 3 is 2.46 bits per heavy atom. The zero-order valence-corrected chi connectivity index (χ0v) is 21.1. The molecular weight excluding hydrogens is 475 g/mol. The van der Waals surface area contributed by atoms with Gasteiger partial charge in [-0.2, -0.15) is 11.8 Å². The van der Waals surface area contributed by atoms with Crippen LogP contribution in [0.1, 0.15) is 33.5 Å². The maximum absolute atomic E-state index is 13.2. The number of carboxylic acids is 1. The number of thioether (sulfide) groups is 1. The van der Waals surface area contributed by atoms with Crippen LogP contribution in [0.2, 0.25) is 0 Å². The van der Waals surface area contributed by atoms with Crippen LogP contribution in [0.4, 0.5) is 0 Å². The second-order valence-electron chi connectivity index (χ2n) is 8.56. The van der Waals surface area contributed by atoms with Crippen LogP contribution in [0.15, 0.2) is 79.0 Å². The van der Waals surface area contributed by atoms with Gasteiger partial charge in [-0.3, -0.25) is 9.78 Å². The second kappa shape index (κ2) is 13.3. The van der Waals surface area contributed by atoms with E-state index >= 15 is 0 Å². The van der Waals surface area contributed by atoms with Gasteiger partial charge in [-0.1, -0.05) is 60.7 Å². The standard InChI is InChI=1S/C30H28N2O3S.Li.H/c1-20-7-3-5-9-24(20)26-18-21(11-12-22-17-23-8-4-6-10-27(23)31-19-22)13-14-25(26)29(33)32-28(30(34)35)15-16-36-2;;/h3-14,17-19,28H,15-16H2,1-2H3,(H,32,33)(H,34,35);;. The fraction of sp³-hybridized carbons (Fsp3) is 0.167. The number of benzene rings is 3. The van der Waals surface area contributed by atoms with E-state index in [9.17, 15) is 14.7 Å². The molecule has 0 fully saturated rings. The van der Waals surface area contributed by atoms with Gasteiger partial charge in [-0.25, -0.2) is 4.79 Å². The molecule has 1 amide bonds. The molecule has 37 heavy (non-hydrogen) atoms. The van der Waals surface area contributed by atoms with Gasteiger partial charge >= 0.3 is 24.8 Å². The zero-order valence-electron chi connectivity index (χ0n) is 20.3. The summed E-state index contributed by atoms with van der Waals surface area (Å²) in [6.45, 7) is 2.00. The van der Waals surface area contributed by atoms with Gasteiger partial charge in [0.05, 0.1) is 5.52 Å². The summed E-state index contributed by atoms with van der Waals surface area (Å²) < 4.78 is 0. The number of nitrogens with one attached hydrogen (secondary N) is 1. The molecule has 0 radical (unpaired) electrons. The summed E-state index contributed by atoms with van der Waals surface area (Å²) >= 11 is 1.55. The van der Waals surface area contributed by atoms with E-state index in [0.717, 1.165) is 38.7 Å². The Morgan fingerprint density at radius 2 is 1.70 bits per heavy atom. The summed E-state index contributed by atoms with van der Waals surface area (Å²) in [6.07, 6.45) is 8.11. The van der Waals surface area contributed by atoms with Crippen molar-refractivity contribution in [1.29, 1.82) is 0 Å². The van der Waals surface area contributed by atoms with Crippen LogP contribution in [-0.4, -0.2) is 58.9 Å². The normalized spacial score (nSPS) is 11.7. The van der Waals surface area contributed by atoms with E-state index < -0.39 is 17.9 Å². The Bertz CT molecular complexity index is 1440. The minimum atomic E-state index is -1.03. The van der Waals surface area contributed by atoms with Crippen molar-refractivity contribution in [2.75, 3.05) is 12.0 Å². The van der Waals surface area contributed by atoms with Crippen LogP contribution >= 0.6 is 11.8 Å². The number of para-hydroxylation sites is 1. The molecule has 0 spiro atoms.